The van der Waals surface area contributed by atoms with Crippen molar-refractivity contribution < 1.29 is 9.59 Å². The van der Waals surface area contributed by atoms with Crippen LogP contribution in [0.15, 0.2) is 18.2 Å². The largest absolute Gasteiger partial charge is 0.337 e. The number of nitrogens with one attached hydrogen (secondary N) is 4. The van der Waals surface area contributed by atoms with Crippen LogP contribution in [0.4, 0.5) is 21.0 Å². The van der Waals surface area contributed by atoms with Gasteiger partial charge in [-0.25, -0.2) is 9.59 Å². The summed E-state index contributed by atoms with van der Waals surface area (Å²) >= 11 is 0. The minimum atomic E-state index is -0.254. The van der Waals surface area contributed by atoms with Crippen molar-refractivity contribution in [3.63, 3.8) is 0 Å². The van der Waals surface area contributed by atoms with Gasteiger partial charge in [-0.05, 0) is 50.8 Å². The second kappa shape index (κ2) is 13.8. The minimum absolute atomic E-state index is 0.249. The molecule has 4 amide bonds. The van der Waals surface area contributed by atoms with Crippen LogP contribution in [0.1, 0.15) is 33.3 Å². The number of likely N-dealkylation sites (N-methyl/N-ethyl adjacent to an activating group) is 2. The quantitative estimate of drug-likeness (QED) is 0.430. The van der Waals surface area contributed by atoms with Crippen molar-refractivity contribution in [1.29, 1.82) is 0 Å². The minimum Gasteiger partial charge on any atom is -0.337 e. The van der Waals surface area contributed by atoms with Crippen LogP contribution < -0.4 is 21.3 Å². The average Bonchev–Trinajstić information content (AvgIpc) is 2.71. The Morgan fingerprint density at radius 2 is 1.28 bits per heavy atom. The highest BCUT2D eigenvalue weighted by Crippen LogP contribution is 2.20. The number of hydrogen-bond acceptors (Lipinski definition) is 4. The normalized spacial score (nSPS) is 10.9. The summed E-state index contributed by atoms with van der Waals surface area (Å²) in [5, 5.41) is 11.4. The maximum absolute atomic E-state index is 12.2. The summed E-state index contributed by atoms with van der Waals surface area (Å²) in [4.78, 5) is 28.8. The zero-order valence-corrected chi connectivity index (χ0v) is 18.6. The van der Waals surface area contributed by atoms with Gasteiger partial charge in [0.25, 0.3) is 0 Å². The molecule has 0 unspecified atom stereocenters. The van der Waals surface area contributed by atoms with Gasteiger partial charge in [-0.15, -0.1) is 0 Å². The first kappa shape index (κ1) is 24.7. The summed E-state index contributed by atoms with van der Waals surface area (Å²) in [7, 11) is 0. The van der Waals surface area contributed by atoms with Gasteiger partial charge in [-0.1, -0.05) is 33.8 Å². The van der Waals surface area contributed by atoms with Gasteiger partial charge in [-0.3, -0.25) is 0 Å². The molecule has 4 N–H and O–H groups in total. The molecule has 0 spiro atoms. The van der Waals surface area contributed by atoms with Gasteiger partial charge in [0.05, 0.1) is 0 Å². The van der Waals surface area contributed by atoms with Gasteiger partial charge in [-0.2, -0.15) is 0 Å². The summed E-state index contributed by atoms with van der Waals surface area (Å²) < 4.78 is 0. The van der Waals surface area contributed by atoms with E-state index in [-0.39, 0.29) is 12.1 Å². The predicted molar refractivity (Wildman–Crippen MR) is 121 cm³/mol. The van der Waals surface area contributed by atoms with Crippen molar-refractivity contribution in [2.45, 2.75) is 34.6 Å². The molecule has 0 atom stereocenters. The number of urea groups is 2. The Morgan fingerprint density at radius 3 is 1.76 bits per heavy atom. The number of carbonyl (C=O) groups excluding carboxylic acids is 2. The van der Waals surface area contributed by atoms with Crippen molar-refractivity contribution in [1.82, 2.24) is 20.4 Å². The number of amides is 4. The summed E-state index contributed by atoms with van der Waals surface area (Å²) in [6, 6.07) is 4.96. The molecule has 8 heteroatoms. The van der Waals surface area contributed by atoms with Crippen LogP contribution >= 0.6 is 0 Å². The van der Waals surface area contributed by atoms with Crippen molar-refractivity contribution >= 4 is 23.4 Å². The Labute approximate surface area is 175 Å². The first-order chi connectivity index (χ1) is 13.9. The molecule has 1 rings (SSSR count). The SMILES string of the molecule is CCN(CC)CCNC(=O)Nc1ccc(C)c(NC(=O)NCCN(CC)CC)c1. The molecular formula is C21H38N6O2. The third kappa shape index (κ3) is 9.62. The molecule has 0 saturated carbocycles. The Hall–Kier alpha value is -2.32. The summed E-state index contributed by atoms with van der Waals surface area (Å²) in [5.41, 5.74) is 2.23. The fraction of sp³-hybridized carbons (Fsp3) is 0.619. The predicted octanol–water partition coefficient (Wildman–Crippen LogP) is 2.92. The van der Waals surface area contributed by atoms with Crippen LogP contribution in [0.3, 0.4) is 0 Å². The number of hydrogen-bond donors (Lipinski definition) is 4. The lowest BCUT2D eigenvalue weighted by Gasteiger charge is -2.19. The highest BCUT2D eigenvalue weighted by Gasteiger charge is 2.08. The summed E-state index contributed by atoms with van der Waals surface area (Å²) in [6.07, 6.45) is 0. The Morgan fingerprint density at radius 1 is 0.793 bits per heavy atom. The van der Waals surface area contributed by atoms with Gasteiger partial charge < -0.3 is 31.1 Å². The highest BCUT2D eigenvalue weighted by atomic mass is 16.2. The second-order valence-corrected chi connectivity index (χ2v) is 6.85. The Kier molecular flexibility index (Phi) is 11.8. The maximum Gasteiger partial charge on any atom is 0.319 e. The zero-order valence-electron chi connectivity index (χ0n) is 18.6. The van der Waals surface area contributed by atoms with Gasteiger partial charge in [0, 0.05) is 37.6 Å². The standard InChI is InChI=1S/C21H38N6O2/c1-6-26(7-2)14-12-22-20(28)24-18-11-10-17(5)19(16-18)25-21(29)23-13-15-27(8-3)9-4/h10-11,16H,6-9,12-15H2,1-5H3,(H2,22,24,28)(H2,23,25,29). The fourth-order valence-electron chi connectivity index (χ4n) is 2.91. The van der Waals surface area contributed by atoms with Crippen LogP contribution in [-0.2, 0) is 0 Å². The Balaban J connectivity index is 2.51. The van der Waals surface area contributed by atoms with Gasteiger partial charge in [0.1, 0.15) is 0 Å². The smallest absolute Gasteiger partial charge is 0.319 e. The van der Waals surface area contributed by atoms with E-state index in [1.165, 1.54) is 0 Å². The maximum atomic E-state index is 12.2. The first-order valence-corrected chi connectivity index (χ1v) is 10.6. The molecule has 0 radical (unpaired) electrons. The topological polar surface area (TPSA) is 88.7 Å². The molecule has 8 nitrogen and oxygen atoms in total. The van der Waals surface area contributed by atoms with Crippen molar-refractivity contribution in [3.05, 3.63) is 23.8 Å². The first-order valence-electron chi connectivity index (χ1n) is 10.6. The van der Waals surface area contributed by atoms with E-state index in [4.69, 9.17) is 0 Å². The molecule has 0 heterocycles. The molecule has 0 saturated heterocycles. The van der Waals surface area contributed by atoms with Crippen LogP contribution in [0.5, 0.6) is 0 Å². The molecule has 0 aliphatic carbocycles. The van der Waals surface area contributed by atoms with Crippen LogP contribution in [0, 0.1) is 6.92 Å². The molecule has 29 heavy (non-hydrogen) atoms. The van der Waals surface area contributed by atoms with Crippen molar-refractivity contribution in [3.8, 4) is 0 Å². The third-order valence-electron chi connectivity index (χ3n) is 4.96. The lowest BCUT2D eigenvalue weighted by molar-refractivity contribution is 0.247. The van der Waals surface area contributed by atoms with E-state index in [0.29, 0.717) is 24.5 Å². The number of rotatable bonds is 12. The lowest BCUT2D eigenvalue weighted by atomic mass is 10.2. The van der Waals surface area contributed by atoms with Crippen LogP contribution in [-0.4, -0.2) is 74.2 Å². The molecule has 1 aromatic carbocycles. The molecular weight excluding hydrogens is 368 g/mol. The molecule has 0 bridgehead atoms. The van der Waals surface area contributed by atoms with Crippen LogP contribution in [0.25, 0.3) is 0 Å². The summed E-state index contributed by atoms with van der Waals surface area (Å²) in [6.45, 7) is 17.0. The average molecular weight is 407 g/mol. The molecule has 0 aliphatic heterocycles. The molecule has 1 aromatic rings. The van der Waals surface area contributed by atoms with E-state index < -0.39 is 0 Å². The van der Waals surface area contributed by atoms with E-state index in [1.54, 1.807) is 6.07 Å². The molecule has 0 aliphatic rings. The monoisotopic (exact) mass is 406 g/mol. The zero-order chi connectivity index (χ0) is 21.6. The van der Waals surface area contributed by atoms with Crippen molar-refractivity contribution in [2.75, 3.05) is 63.0 Å². The van der Waals surface area contributed by atoms with E-state index in [0.717, 1.165) is 44.8 Å². The fourth-order valence-corrected chi connectivity index (χ4v) is 2.91. The van der Waals surface area contributed by atoms with E-state index >= 15 is 0 Å². The number of aryl methyl sites for hydroxylation is 1. The number of nitrogens with zero attached hydrogens (tertiary/aromatic N) is 2. The van der Waals surface area contributed by atoms with Gasteiger partial charge >= 0.3 is 12.1 Å². The van der Waals surface area contributed by atoms with Gasteiger partial charge in [0.2, 0.25) is 0 Å². The van der Waals surface area contributed by atoms with Gasteiger partial charge in [0.15, 0.2) is 0 Å². The number of anilines is 2. The molecule has 0 aromatic heterocycles. The molecule has 0 fully saturated rings. The number of carbonyl (C=O) groups is 2. The summed E-state index contributed by atoms with van der Waals surface area (Å²) in [5.74, 6) is 0. The Bertz CT molecular complexity index is 630. The van der Waals surface area contributed by atoms with E-state index in [2.05, 4.69) is 58.8 Å². The highest BCUT2D eigenvalue weighted by molar-refractivity contribution is 5.93. The van der Waals surface area contributed by atoms with Crippen LogP contribution in [0.2, 0.25) is 0 Å². The van der Waals surface area contributed by atoms with Crippen molar-refractivity contribution in [2.24, 2.45) is 0 Å². The van der Waals surface area contributed by atoms with E-state index in [9.17, 15) is 9.59 Å². The molecule has 164 valence electrons. The number of benzene rings is 1. The third-order valence-corrected chi connectivity index (χ3v) is 4.96. The second-order valence-electron chi connectivity index (χ2n) is 6.85. The van der Waals surface area contributed by atoms with E-state index in [1.807, 2.05) is 19.1 Å². The lowest BCUT2D eigenvalue weighted by Crippen LogP contribution is -2.37.